The number of benzene rings is 3. The molecule has 0 atom stereocenters. The Morgan fingerprint density at radius 3 is 2.08 bits per heavy atom. The quantitative estimate of drug-likeness (QED) is 0.298. The summed E-state index contributed by atoms with van der Waals surface area (Å²) in [4.78, 5) is 24.4. The zero-order valence-electron chi connectivity index (χ0n) is 19.5. The van der Waals surface area contributed by atoms with Crippen LogP contribution in [0, 0.1) is 0 Å². The normalized spacial score (nSPS) is 10.6. The summed E-state index contributed by atoms with van der Waals surface area (Å²) in [6, 6.07) is 19.4. The Morgan fingerprint density at radius 2 is 1.47 bits per heavy atom. The number of ether oxygens (including phenoxy) is 3. The first-order chi connectivity index (χ1) is 17.3. The fourth-order valence-corrected chi connectivity index (χ4v) is 3.78. The summed E-state index contributed by atoms with van der Waals surface area (Å²) < 4.78 is 17.0. The van der Waals surface area contributed by atoms with Crippen molar-refractivity contribution >= 4 is 11.8 Å². The summed E-state index contributed by atoms with van der Waals surface area (Å²) in [6.45, 7) is -0.509. The first-order valence-corrected chi connectivity index (χ1v) is 10.8. The van der Waals surface area contributed by atoms with Crippen molar-refractivity contribution in [2.24, 2.45) is 0 Å². The lowest BCUT2D eigenvalue weighted by Crippen LogP contribution is -2.09. The second-order valence-electron chi connectivity index (χ2n) is 7.70. The fraction of sp³-hybridized carbons (Fsp3) is 0.111. The largest absolute Gasteiger partial charge is 0.503 e. The van der Waals surface area contributed by atoms with Crippen LogP contribution in [-0.4, -0.2) is 52.5 Å². The van der Waals surface area contributed by atoms with E-state index in [0.717, 1.165) is 0 Å². The number of nitrogens with zero attached hydrogens (tertiary/aromatic N) is 1. The van der Waals surface area contributed by atoms with Crippen molar-refractivity contribution in [3.05, 3.63) is 83.9 Å². The lowest BCUT2D eigenvalue weighted by atomic mass is 9.99. The standard InChI is InChI=1S/C27H23NO8/c1-34-19-10-6-16(7-11-19)25(31)23-24(17-4-3-5-21(14-17)35-2)28(27(33)26(23)32)18-8-12-20(13-9-18)36-15-22(29)30/h3-14,32-33H,15H2,1-2H3,(H,29,30). The maximum Gasteiger partial charge on any atom is 0.341 e. The smallest absolute Gasteiger partial charge is 0.341 e. The highest BCUT2D eigenvalue weighted by Gasteiger charge is 2.30. The first-order valence-electron chi connectivity index (χ1n) is 10.8. The third kappa shape index (κ3) is 4.67. The van der Waals surface area contributed by atoms with Crippen LogP contribution in [0.2, 0.25) is 0 Å². The van der Waals surface area contributed by atoms with Crippen LogP contribution in [0.3, 0.4) is 0 Å². The van der Waals surface area contributed by atoms with E-state index in [0.29, 0.717) is 28.5 Å². The summed E-state index contributed by atoms with van der Waals surface area (Å²) in [6.07, 6.45) is 0. The van der Waals surface area contributed by atoms with E-state index in [1.54, 1.807) is 60.7 Å². The highest BCUT2D eigenvalue weighted by atomic mass is 16.5. The van der Waals surface area contributed by atoms with E-state index in [4.69, 9.17) is 19.3 Å². The number of carboxylic acid groups (broad SMARTS) is 1. The average molecular weight is 489 g/mol. The molecule has 0 amide bonds. The number of aromatic nitrogens is 1. The number of aliphatic carboxylic acids is 1. The van der Waals surface area contributed by atoms with E-state index in [1.165, 1.54) is 30.9 Å². The van der Waals surface area contributed by atoms with Crippen molar-refractivity contribution in [2.75, 3.05) is 20.8 Å². The van der Waals surface area contributed by atoms with Crippen molar-refractivity contribution in [2.45, 2.75) is 0 Å². The van der Waals surface area contributed by atoms with Gasteiger partial charge in [-0.2, -0.15) is 0 Å². The Morgan fingerprint density at radius 1 is 0.833 bits per heavy atom. The molecule has 0 saturated heterocycles. The Kier molecular flexibility index (Phi) is 6.82. The first kappa shape index (κ1) is 24.2. The average Bonchev–Trinajstić information content (AvgIpc) is 3.17. The van der Waals surface area contributed by atoms with Gasteiger partial charge in [-0.05, 0) is 60.7 Å². The fourth-order valence-electron chi connectivity index (χ4n) is 3.78. The number of ketones is 1. The molecule has 0 unspecified atom stereocenters. The molecule has 184 valence electrons. The van der Waals surface area contributed by atoms with E-state index in [1.807, 2.05) is 0 Å². The van der Waals surface area contributed by atoms with Crippen molar-refractivity contribution in [3.63, 3.8) is 0 Å². The van der Waals surface area contributed by atoms with Crippen LogP contribution in [0.25, 0.3) is 16.9 Å². The highest BCUT2D eigenvalue weighted by Crippen LogP contribution is 2.44. The summed E-state index contributed by atoms with van der Waals surface area (Å²) >= 11 is 0. The molecule has 36 heavy (non-hydrogen) atoms. The molecule has 1 aromatic heterocycles. The number of hydrogen-bond donors (Lipinski definition) is 3. The molecule has 0 aliphatic carbocycles. The van der Waals surface area contributed by atoms with Crippen molar-refractivity contribution in [1.29, 1.82) is 0 Å². The number of carbonyl (C=O) groups excluding carboxylic acids is 1. The van der Waals surface area contributed by atoms with Crippen LogP contribution >= 0.6 is 0 Å². The number of methoxy groups -OCH3 is 2. The van der Waals surface area contributed by atoms with Gasteiger partial charge in [0.05, 0.1) is 25.5 Å². The monoisotopic (exact) mass is 489 g/mol. The van der Waals surface area contributed by atoms with Gasteiger partial charge in [0.15, 0.2) is 18.1 Å². The molecule has 9 heteroatoms. The summed E-state index contributed by atoms with van der Waals surface area (Å²) in [5.41, 5.74) is 1.33. The van der Waals surface area contributed by atoms with Gasteiger partial charge in [-0.1, -0.05) is 12.1 Å². The van der Waals surface area contributed by atoms with Crippen LogP contribution in [-0.2, 0) is 4.79 Å². The molecule has 3 N–H and O–H groups in total. The van der Waals surface area contributed by atoms with Crippen molar-refractivity contribution < 1.29 is 39.1 Å². The topological polar surface area (TPSA) is 127 Å². The summed E-state index contributed by atoms with van der Waals surface area (Å²) in [5, 5.41) is 30.7. The van der Waals surface area contributed by atoms with Crippen LogP contribution in [0.15, 0.2) is 72.8 Å². The van der Waals surface area contributed by atoms with E-state index in [9.17, 15) is 19.8 Å². The second-order valence-corrected chi connectivity index (χ2v) is 7.70. The minimum absolute atomic E-state index is 0.0999. The minimum Gasteiger partial charge on any atom is -0.503 e. The third-order valence-electron chi connectivity index (χ3n) is 5.50. The third-order valence-corrected chi connectivity index (χ3v) is 5.50. The van der Waals surface area contributed by atoms with Gasteiger partial charge in [-0.15, -0.1) is 0 Å². The molecule has 0 bridgehead atoms. The van der Waals surface area contributed by atoms with Crippen LogP contribution in [0.1, 0.15) is 15.9 Å². The molecule has 0 aliphatic rings. The molecule has 1 heterocycles. The van der Waals surface area contributed by atoms with Gasteiger partial charge in [-0.3, -0.25) is 9.36 Å². The number of aromatic hydroxyl groups is 2. The van der Waals surface area contributed by atoms with Gasteiger partial charge >= 0.3 is 5.97 Å². The zero-order chi connectivity index (χ0) is 25.8. The number of hydrogen-bond acceptors (Lipinski definition) is 7. The van der Waals surface area contributed by atoms with Crippen LogP contribution in [0.5, 0.6) is 28.9 Å². The molecule has 0 radical (unpaired) electrons. The molecule has 4 aromatic rings. The molecule has 4 rings (SSSR count). The number of rotatable bonds is 9. The van der Waals surface area contributed by atoms with Gasteiger partial charge in [0.2, 0.25) is 5.88 Å². The Balaban J connectivity index is 1.89. The SMILES string of the molecule is COc1ccc(C(=O)c2c(O)c(O)n(-c3ccc(OCC(=O)O)cc3)c2-c2cccc(OC)c2)cc1. The Bertz CT molecular complexity index is 1410. The predicted molar refractivity (Wildman–Crippen MR) is 131 cm³/mol. The molecule has 0 fully saturated rings. The van der Waals surface area contributed by atoms with Gasteiger partial charge in [0, 0.05) is 16.8 Å². The molecule has 0 spiro atoms. The number of carboxylic acids is 1. The predicted octanol–water partition coefficient (Wildman–Crippen LogP) is 4.27. The summed E-state index contributed by atoms with van der Waals surface area (Å²) in [7, 11) is 3.02. The second kappa shape index (κ2) is 10.1. The summed E-state index contributed by atoms with van der Waals surface area (Å²) in [5.74, 6) is -1.37. The van der Waals surface area contributed by atoms with E-state index < -0.39 is 30.0 Å². The highest BCUT2D eigenvalue weighted by molar-refractivity contribution is 6.15. The molecular formula is C27H23NO8. The van der Waals surface area contributed by atoms with Gasteiger partial charge in [0.1, 0.15) is 17.2 Å². The Hall–Kier alpha value is -4.92. The van der Waals surface area contributed by atoms with Crippen molar-refractivity contribution in [1.82, 2.24) is 4.57 Å². The van der Waals surface area contributed by atoms with Gasteiger partial charge < -0.3 is 29.5 Å². The van der Waals surface area contributed by atoms with Crippen LogP contribution in [0.4, 0.5) is 0 Å². The molecule has 9 nitrogen and oxygen atoms in total. The molecule has 3 aromatic carbocycles. The Labute approximate surface area is 206 Å². The molecule has 0 aliphatic heterocycles. The van der Waals surface area contributed by atoms with Crippen molar-refractivity contribution in [3.8, 4) is 45.8 Å². The maximum absolute atomic E-state index is 13.6. The van der Waals surface area contributed by atoms with Crippen LogP contribution < -0.4 is 14.2 Å². The minimum atomic E-state index is -1.12. The van der Waals surface area contributed by atoms with Gasteiger partial charge in [0.25, 0.3) is 0 Å². The van der Waals surface area contributed by atoms with E-state index in [2.05, 4.69) is 0 Å². The lowest BCUT2D eigenvalue weighted by molar-refractivity contribution is -0.139. The maximum atomic E-state index is 13.6. The van der Waals surface area contributed by atoms with E-state index >= 15 is 0 Å². The lowest BCUT2D eigenvalue weighted by Gasteiger charge is -2.14. The molecular weight excluding hydrogens is 466 g/mol. The number of carbonyl (C=O) groups is 2. The molecule has 0 saturated carbocycles. The zero-order valence-corrected chi connectivity index (χ0v) is 19.5. The van der Waals surface area contributed by atoms with E-state index in [-0.39, 0.29) is 16.8 Å². The van der Waals surface area contributed by atoms with Gasteiger partial charge in [-0.25, -0.2) is 4.79 Å².